The molecule has 6 nitrogen and oxygen atoms in total. The lowest BCUT2D eigenvalue weighted by Gasteiger charge is -2.15. The minimum Gasteiger partial charge on any atom is -0.350 e. The number of para-hydroxylation sites is 1. The molecule has 0 unspecified atom stereocenters. The molecule has 7 heteroatoms. The Morgan fingerprint density at radius 3 is 2.43 bits per heavy atom. The van der Waals surface area contributed by atoms with Gasteiger partial charge in [0, 0.05) is 18.1 Å². The second-order valence-corrected chi connectivity index (χ2v) is 7.47. The van der Waals surface area contributed by atoms with Crippen LogP contribution in [0.5, 0.6) is 0 Å². The van der Waals surface area contributed by atoms with Crippen molar-refractivity contribution in [1.29, 1.82) is 0 Å². The van der Waals surface area contributed by atoms with Crippen LogP contribution >= 0.6 is 11.6 Å². The third-order valence-electron chi connectivity index (χ3n) is 4.42. The number of halogens is 1. The van der Waals surface area contributed by atoms with Crippen LogP contribution in [0.1, 0.15) is 19.4 Å². The summed E-state index contributed by atoms with van der Waals surface area (Å²) in [6.07, 6.45) is 0. The van der Waals surface area contributed by atoms with E-state index in [1.807, 2.05) is 32.0 Å². The number of carbonyl (C=O) groups is 1. The van der Waals surface area contributed by atoms with Crippen molar-refractivity contribution in [2.75, 3.05) is 0 Å². The van der Waals surface area contributed by atoms with Crippen LogP contribution in [0.4, 0.5) is 0 Å². The molecule has 2 aromatic carbocycles. The molecule has 0 bridgehead atoms. The summed E-state index contributed by atoms with van der Waals surface area (Å²) in [7, 11) is 0. The zero-order chi connectivity index (χ0) is 20.3. The summed E-state index contributed by atoms with van der Waals surface area (Å²) in [5.74, 6) is -0.212. The Morgan fingerprint density at radius 2 is 1.71 bits per heavy atom. The normalized spacial score (nSPS) is 11.1. The summed E-state index contributed by atoms with van der Waals surface area (Å²) in [6.45, 7) is 4.24. The lowest BCUT2D eigenvalue weighted by molar-refractivity contribution is -0.121. The van der Waals surface area contributed by atoms with E-state index < -0.39 is 5.69 Å². The molecule has 1 N–H and O–H groups in total. The van der Waals surface area contributed by atoms with Gasteiger partial charge in [0.1, 0.15) is 6.54 Å². The topological polar surface area (TPSA) is 73.1 Å². The fourth-order valence-electron chi connectivity index (χ4n) is 3.08. The molecule has 1 aromatic heterocycles. The van der Waals surface area contributed by atoms with Gasteiger partial charge < -0.3 is 5.32 Å². The average Bonchev–Trinajstić information content (AvgIpc) is 2.67. The summed E-state index contributed by atoms with van der Waals surface area (Å²) in [5, 5.41) is 3.77. The van der Waals surface area contributed by atoms with E-state index in [2.05, 4.69) is 5.32 Å². The van der Waals surface area contributed by atoms with Crippen LogP contribution in [-0.2, 0) is 24.4 Å². The number of nitrogens with zero attached hydrogens (tertiary/aromatic N) is 2. The van der Waals surface area contributed by atoms with Crippen molar-refractivity contribution >= 4 is 28.4 Å². The Kier molecular flexibility index (Phi) is 5.99. The monoisotopic (exact) mass is 399 g/mol. The Morgan fingerprint density at radius 1 is 1.04 bits per heavy atom. The van der Waals surface area contributed by atoms with Crippen LogP contribution in [0.3, 0.4) is 0 Å². The summed E-state index contributed by atoms with van der Waals surface area (Å²) >= 11 is 6.11. The first-order chi connectivity index (χ1) is 13.4. The van der Waals surface area contributed by atoms with Gasteiger partial charge >= 0.3 is 5.69 Å². The molecular weight excluding hydrogens is 378 g/mol. The molecule has 1 heterocycles. The third kappa shape index (κ3) is 4.17. The number of nitrogens with one attached hydrogen (secondary N) is 1. The summed E-state index contributed by atoms with van der Waals surface area (Å²) in [6, 6.07) is 14.1. The van der Waals surface area contributed by atoms with E-state index >= 15 is 0 Å². The highest BCUT2D eigenvalue weighted by atomic mass is 35.5. The number of carbonyl (C=O) groups excluding carboxylic acids is 1. The molecule has 0 fully saturated rings. The van der Waals surface area contributed by atoms with E-state index in [0.29, 0.717) is 22.5 Å². The largest absolute Gasteiger partial charge is 0.350 e. The van der Waals surface area contributed by atoms with Gasteiger partial charge in [-0.2, -0.15) is 0 Å². The number of benzene rings is 2. The first-order valence-corrected chi connectivity index (χ1v) is 9.48. The van der Waals surface area contributed by atoms with Crippen LogP contribution < -0.4 is 16.6 Å². The highest BCUT2D eigenvalue weighted by Gasteiger charge is 2.16. The van der Waals surface area contributed by atoms with Crippen LogP contribution in [0.15, 0.2) is 58.1 Å². The molecule has 28 heavy (non-hydrogen) atoms. The fourth-order valence-corrected chi connectivity index (χ4v) is 3.29. The third-order valence-corrected chi connectivity index (χ3v) is 4.78. The van der Waals surface area contributed by atoms with Crippen molar-refractivity contribution in [1.82, 2.24) is 14.5 Å². The van der Waals surface area contributed by atoms with Crippen molar-refractivity contribution < 1.29 is 4.79 Å². The van der Waals surface area contributed by atoms with Gasteiger partial charge in [-0.15, -0.1) is 0 Å². The van der Waals surface area contributed by atoms with Crippen molar-refractivity contribution in [3.05, 3.63) is 80.0 Å². The lowest BCUT2D eigenvalue weighted by atomic mass is 10.2. The molecule has 0 saturated heterocycles. The highest BCUT2D eigenvalue weighted by Crippen LogP contribution is 2.14. The maximum absolute atomic E-state index is 12.9. The number of hydrogen-bond acceptors (Lipinski definition) is 3. The van der Waals surface area contributed by atoms with Gasteiger partial charge in [0.15, 0.2) is 0 Å². The fraction of sp³-hybridized carbons (Fsp3) is 0.286. The van der Waals surface area contributed by atoms with Gasteiger partial charge in [-0.25, -0.2) is 4.79 Å². The Bertz CT molecular complexity index is 1130. The van der Waals surface area contributed by atoms with E-state index in [1.165, 1.54) is 9.13 Å². The van der Waals surface area contributed by atoms with Crippen LogP contribution in [0.2, 0.25) is 5.02 Å². The molecule has 3 rings (SSSR count). The molecule has 1 amide bonds. The number of aromatic nitrogens is 2. The van der Waals surface area contributed by atoms with Crippen molar-refractivity contribution in [3.63, 3.8) is 0 Å². The van der Waals surface area contributed by atoms with E-state index in [-0.39, 0.29) is 30.5 Å². The molecule has 146 valence electrons. The van der Waals surface area contributed by atoms with Gasteiger partial charge in [0.2, 0.25) is 5.91 Å². The zero-order valence-electron chi connectivity index (χ0n) is 15.8. The van der Waals surface area contributed by atoms with E-state index in [0.717, 1.165) is 5.56 Å². The number of fused-ring (bicyclic) bond motifs is 1. The molecular formula is C21H22ClN3O3. The van der Waals surface area contributed by atoms with Crippen LogP contribution in [-0.4, -0.2) is 15.0 Å². The summed E-state index contributed by atoms with van der Waals surface area (Å²) < 4.78 is 2.55. The molecule has 0 radical (unpaired) electrons. The number of hydrogen-bond donors (Lipinski definition) is 1. The van der Waals surface area contributed by atoms with E-state index in [4.69, 9.17) is 11.6 Å². The number of rotatable bonds is 6. The quantitative estimate of drug-likeness (QED) is 0.692. The summed E-state index contributed by atoms with van der Waals surface area (Å²) in [4.78, 5) is 38.1. The van der Waals surface area contributed by atoms with Crippen molar-refractivity contribution in [3.8, 4) is 0 Å². The van der Waals surface area contributed by atoms with E-state index in [1.54, 1.807) is 30.3 Å². The predicted octanol–water partition coefficient (Wildman–Crippen LogP) is 2.79. The van der Waals surface area contributed by atoms with Crippen molar-refractivity contribution in [2.24, 2.45) is 5.92 Å². The SMILES string of the molecule is CC(C)Cn1c(=O)c2ccccc2n(CC(=O)NCc2ccccc2Cl)c1=O. The minimum absolute atomic E-state index is 0.120. The van der Waals surface area contributed by atoms with Crippen LogP contribution in [0.25, 0.3) is 10.9 Å². The molecule has 0 atom stereocenters. The molecule has 0 spiro atoms. The molecule has 0 saturated carbocycles. The van der Waals surface area contributed by atoms with Crippen molar-refractivity contribution in [2.45, 2.75) is 33.5 Å². The Labute approximate surface area is 167 Å². The van der Waals surface area contributed by atoms with Gasteiger partial charge in [-0.1, -0.05) is 55.8 Å². The number of amides is 1. The van der Waals surface area contributed by atoms with Gasteiger partial charge in [0.25, 0.3) is 5.56 Å². The smallest absolute Gasteiger partial charge is 0.331 e. The van der Waals surface area contributed by atoms with Gasteiger partial charge in [0.05, 0.1) is 10.9 Å². The minimum atomic E-state index is -0.481. The first kappa shape index (κ1) is 19.9. The average molecular weight is 400 g/mol. The molecule has 0 aliphatic rings. The van der Waals surface area contributed by atoms with E-state index in [9.17, 15) is 14.4 Å². The molecule has 0 aliphatic carbocycles. The Hall–Kier alpha value is -2.86. The maximum Gasteiger partial charge on any atom is 0.331 e. The standard InChI is InChI=1S/C21H22ClN3O3/c1-14(2)12-25-20(27)16-8-4-6-10-18(16)24(21(25)28)13-19(26)23-11-15-7-3-5-9-17(15)22/h3-10,14H,11-13H2,1-2H3,(H,23,26). The maximum atomic E-state index is 12.9. The predicted molar refractivity (Wildman–Crippen MR) is 111 cm³/mol. The second-order valence-electron chi connectivity index (χ2n) is 7.06. The summed E-state index contributed by atoms with van der Waals surface area (Å²) in [5.41, 5.74) is 0.428. The highest BCUT2D eigenvalue weighted by molar-refractivity contribution is 6.31. The first-order valence-electron chi connectivity index (χ1n) is 9.11. The lowest BCUT2D eigenvalue weighted by Crippen LogP contribution is -2.43. The molecule has 0 aliphatic heterocycles. The molecule has 3 aromatic rings. The second kappa shape index (κ2) is 8.44. The zero-order valence-corrected chi connectivity index (χ0v) is 16.6. The van der Waals surface area contributed by atoms with Gasteiger partial charge in [-0.05, 0) is 29.7 Å². The van der Waals surface area contributed by atoms with Gasteiger partial charge in [-0.3, -0.25) is 18.7 Å². The van der Waals surface area contributed by atoms with Crippen LogP contribution in [0, 0.1) is 5.92 Å². The Balaban J connectivity index is 1.93.